The molecule has 38 heavy (non-hydrogen) atoms. The van der Waals surface area contributed by atoms with E-state index < -0.39 is 17.9 Å². The minimum absolute atomic E-state index is 0.330. The molecule has 0 bridgehead atoms. The second kappa shape index (κ2) is 12.7. The molecular weight excluding hydrogens is 497 g/mol. The highest BCUT2D eigenvalue weighted by molar-refractivity contribution is 5.89. The van der Waals surface area contributed by atoms with Gasteiger partial charge < -0.3 is 19.8 Å². The molecule has 1 fully saturated rings. The van der Waals surface area contributed by atoms with Crippen molar-refractivity contribution in [1.82, 2.24) is 15.0 Å². The highest BCUT2D eigenvalue weighted by Crippen LogP contribution is 2.26. The average molecular weight is 526 g/mol. The Morgan fingerprint density at radius 3 is 2.16 bits per heavy atom. The molecule has 1 saturated heterocycles. The van der Waals surface area contributed by atoms with E-state index in [9.17, 15) is 18.8 Å². The molecule has 10 nitrogen and oxygen atoms in total. The van der Waals surface area contributed by atoms with Gasteiger partial charge in [0.2, 0.25) is 5.82 Å². The van der Waals surface area contributed by atoms with Crippen molar-refractivity contribution in [1.29, 1.82) is 0 Å². The zero-order chi connectivity index (χ0) is 27.8. The highest BCUT2D eigenvalue weighted by Gasteiger charge is 2.32. The Balaban J connectivity index is 0.000000436. The summed E-state index contributed by atoms with van der Waals surface area (Å²) in [5, 5.41) is 28.6. The summed E-state index contributed by atoms with van der Waals surface area (Å²) in [6.07, 6.45) is 2.13. The van der Waals surface area contributed by atoms with Gasteiger partial charge in [0.25, 0.3) is 5.89 Å². The molecule has 11 heteroatoms. The first kappa shape index (κ1) is 28.2. The lowest BCUT2D eigenvalue weighted by molar-refractivity contribution is -0.147. The summed E-state index contributed by atoms with van der Waals surface area (Å²) in [7, 11) is 0. The Bertz CT molecular complexity index is 1300. The second-order valence-corrected chi connectivity index (χ2v) is 9.26. The lowest BCUT2D eigenvalue weighted by atomic mass is 9.99. The van der Waals surface area contributed by atoms with Gasteiger partial charge in [0.1, 0.15) is 5.82 Å². The van der Waals surface area contributed by atoms with Crippen molar-refractivity contribution in [3.05, 3.63) is 71.6 Å². The Labute approximate surface area is 218 Å². The van der Waals surface area contributed by atoms with E-state index in [4.69, 9.17) is 19.8 Å². The van der Waals surface area contributed by atoms with Gasteiger partial charge >= 0.3 is 17.9 Å². The molecule has 200 valence electrons. The number of carbonyl (C=O) groups is 3. The first-order valence-corrected chi connectivity index (χ1v) is 11.8. The van der Waals surface area contributed by atoms with Crippen LogP contribution in [0.2, 0.25) is 0 Å². The molecule has 0 spiro atoms. The van der Waals surface area contributed by atoms with Crippen LogP contribution in [0.1, 0.15) is 25.0 Å². The maximum atomic E-state index is 14.6. The summed E-state index contributed by atoms with van der Waals surface area (Å²) in [4.78, 5) is 36.3. The van der Waals surface area contributed by atoms with Crippen LogP contribution in [0.25, 0.3) is 22.8 Å². The number of carboxylic acids is 3. The topological polar surface area (TPSA) is 154 Å². The number of likely N-dealkylation sites (tertiary alicyclic amines) is 1. The molecule has 0 saturated carbocycles. The van der Waals surface area contributed by atoms with Crippen LogP contribution in [0.5, 0.6) is 0 Å². The van der Waals surface area contributed by atoms with Gasteiger partial charge in [0.15, 0.2) is 0 Å². The van der Waals surface area contributed by atoms with Gasteiger partial charge in [0.05, 0.1) is 5.92 Å². The van der Waals surface area contributed by atoms with Crippen LogP contribution in [0, 0.1) is 17.7 Å². The SMILES string of the molecule is CC(C)Cc1ccc(-c2nc(-c3ccc(CN4CC(C(=O)O)C4)c(F)c3)no2)cc1.O=C(O)/C=C\C(=O)O. The number of rotatable bonds is 9. The van der Waals surface area contributed by atoms with Gasteiger partial charge in [-0.2, -0.15) is 4.98 Å². The molecule has 3 aromatic rings. The number of nitrogens with zero attached hydrogens (tertiary/aromatic N) is 3. The lowest BCUT2D eigenvalue weighted by Crippen LogP contribution is -2.49. The largest absolute Gasteiger partial charge is 0.481 e. The summed E-state index contributed by atoms with van der Waals surface area (Å²) in [5.41, 5.74) is 3.13. The third kappa shape index (κ3) is 8.07. The first-order valence-electron chi connectivity index (χ1n) is 11.8. The number of hydrogen-bond donors (Lipinski definition) is 3. The van der Waals surface area contributed by atoms with Crippen molar-refractivity contribution in [3.63, 3.8) is 0 Å². The van der Waals surface area contributed by atoms with E-state index >= 15 is 0 Å². The molecule has 0 atom stereocenters. The van der Waals surface area contributed by atoms with Gasteiger partial charge in [-0.1, -0.05) is 43.3 Å². The minimum atomic E-state index is -1.26. The quantitative estimate of drug-likeness (QED) is 0.350. The molecule has 2 heterocycles. The molecule has 0 aliphatic carbocycles. The summed E-state index contributed by atoms with van der Waals surface area (Å²) in [6.45, 7) is 5.63. The van der Waals surface area contributed by atoms with Crippen LogP contribution in [0.3, 0.4) is 0 Å². The predicted octanol–water partition coefficient (Wildman–Crippen LogP) is 3.97. The van der Waals surface area contributed by atoms with E-state index in [0.29, 0.717) is 60.5 Å². The van der Waals surface area contributed by atoms with Gasteiger partial charge in [-0.05, 0) is 36.1 Å². The van der Waals surface area contributed by atoms with Crippen molar-refractivity contribution in [2.45, 2.75) is 26.8 Å². The molecule has 4 rings (SSSR count). The fourth-order valence-corrected chi connectivity index (χ4v) is 3.77. The van der Waals surface area contributed by atoms with Crippen LogP contribution in [0.15, 0.2) is 59.1 Å². The van der Waals surface area contributed by atoms with Crippen LogP contribution in [-0.4, -0.2) is 61.4 Å². The zero-order valence-corrected chi connectivity index (χ0v) is 20.9. The number of hydrogen-bond acceptors (Lipinski definition) is 7. The van der Waals surface area contributed by atoms with Crippen molar-refractivity contribution in [2.75, 3.05) is 13.1 Å². The molecule has 0 radical (unpaired) electrons. The Hall–Kier alpha value is -4.38. The average Bonchev–Trinajstić information content (AvgIpc) is 3.31. The van der Waals surface area contributed by atoms with Crippen LogP contribution >= 0.6 is 0 Å². The van der Waals surface area contributed by atoms with Gasteiger partial charge in [-0.25, -0.2) is 14.0 Å². The van der Waals surface area contributed by atoms with Gasteiger partial charge in [-0.3, -0.25) is 9.69 Å². The summed E-state index contributed by atoms with van der Waals surface area (Å²) < 4.78 is 19.9. The van der Waals surface area contributed by atoms with Crippen molar-refractivity contribution < 1.29 is 38.6 Å². The lowest BCUT2D eigenvalue weighted by Gasteiger charge is -2.36. The summed E-state index contributed by atoms with van der Waals surface area (Å²) in [6, 6.07) is 12.9. The van der Waals surface area contributed by atoms with Gasteiger partial charge in [0, 0.05) is 48.5 Å². The zero-order valence-electron chi connectivity index (χ0n) is 20.9. The molecule has 1 aliphatic heterocycles. The van der Waals surface area contributed by atoms with E-state index in [1.807, 2.05) is 17.0 Å². The Morgan fingerprint density at radius 1 is 1.03 bits per heavy atom. The van der Waals surface area contributed by atoms with E-state index in [2.05, 4.69) is 36.1 Å². The van der Waals surface area contributed by atoms with Crippen molar-refractivity contribution in [2.24, 2.45) is 11.8 Å². The van der Waals surface area contributed by atoms with E-state index in [1.54, 1.807) is 12.1 Å². The molecule has 0 amide bonds. The first-order chi connectivity index (χ1) is 18.0. The van der Waals surface area contributed by atoms with Gasteiger partial charge in [-0.15, -0.1) is 0 Å². The Kier molecular flexibility index (Phi) is 9.44. The van der Waals surface area contributed by atoms with Crippen LogP contribution < -0.4 is 0 Å². The predicted molar refractivity (Wildman–Crippen MR) is 134 cm³/mol. The fourth-order valence-electron chi connectivity index (χ4n) is 3.77. The standard InChI is InChI=1S/C23H24FN3O3.C4H4O4/c1-14(2)9-15-3-5-16(6-4-15)22-25-21(26-30-22)17-7-8-18(20(24)10-17)11-27-12-19(13-27)23(28)29;5-3(6)1-2-4(7)8/h3-8,10,14,19H,9,11-13H2,1-2H3,(H,28,29);1-2H,(H,5,6)(H,7,8)/b;2-1-. The smallest absolute Gasteiger partial charge is 0.328 e. The van der Waals surface area contributed by atoms with Crippen molar-refractivity contribution >= 4 is 17.9 Å². The fraction of sp³-hybridized carbons (Fsp3) is 0.296. The minimum Gasteiger partial charge on any atom is -0.481 e. The molecule has 2 aromatic carbocycles. The van der Waals surface area contributed by atoms with Crippen molar-refractivity contribution in [3.8, 4) is 22.8 Å². The molecule has 3 N–H and O–H groups in total. The van der Waals surface area contributed by atoms with E-state index in [0.717, 1.165) is 12.0 Å². The number of aliphatic carboxylic acids is 3. The maximum absolute atomic E-state index is 14.6. The number of carboxylic acid groups (broad SMARTS) is 3. The number of aromatic nitrogens is 2. The normalized spacial score (nSPS) is 13.7. The monoisotopic (exact) mass is 525 g/mol. The number of halogens is 1. The Morgan fingerprint density at radius 2 is 1.63 bits per heavy atom. The summed E-state index contributed by atoms with van der Waals surface area (Å²) >= 11 is 0. The van der Waals surface area contributed by atoms with Crippen LogP contribution in [0.4, 0.5) is 4.39 Å². The summed E-state index contributed by atoms with van der Waals surface area (Å²) in [5.74, 6) is -2.73. The molecular formula is C27H28FN3O7. The third-order valence-corrected chi connectivity index (χ3v) is 5.65. The molecule has 1 aliphatic rings. The second-order valence-electron chi connectivity index (χ2n) is 9.26. The van der Waals surface area contributed by atoms with Crippen LogP contribution in [-0.2, 0) is 27.3 Å². The van der Waals surface area contributed by atoms with E-state index in [1.165, 1.54) is 11.6 Å². The number of benzene rings is 2. The molecule has 1 aromatic heterocycles. The van der Waals surface area contributed by atoms with E-state index in [-0.39, 0.29) is 11.7 Å². The molecule has 0 unspecified atom stereocenters. The third-order valence-electron chi connectivity index (χ3n) is 5.65. The maximum Gasteiger partial charge on any atom is 0.328 e. The highest BCUT2D eigenvalue weighted by atomic mass is 19.1.